The highest BCUT2D eigenvalue weighted by Crippen LogP contribution is 2.25. The van der Waals surface area contributed by atoms with Crippen LogP contribution in [0.2, 0.25) is 0 Å². The highest BCUT2D eigenvalue weighted by molar-refractivity contribution is 5.80. The van der Waals surface area contributed by atoms with E-state index in [1.165, 1.54) is 18.6 Å². The molecule has 0 bridgehead atoms. The Kier molecular flexibility index (Phi) is 3.97. The van der Waals surface area contributed by atoms with Crippen molar-refractivity contribution in [2.75, 3.05) is 12.5 Å². The van der Waals surface area contributed by atoms with E-state index in [9.17, 15) is 9.60 Å². The van der Waals surface area contributed by atoms with Crippen molar-refractivity contribution >= 4 is 22.7 Å². The molecule has 0 radical (unpaired) electrons. The molecule has 3 heterocycles. The van der Waals surface area contributed by atoms with Gasteiger partial charge in [-0.25, -0.2) is 29.9 Å². The van der Waals surface area contributed by atoms with Gasteiger partial charge in [0, 0.05) is 18.6 Å². The zero-order valence-corrected chi connectivity index (χ0v) is 12.2. The van der Waals surface area contributed by atoms with Gasteiger partial charge in [-0.05, 0) is 12.1 Å². The predicted molar refractivity (Wildman–Crippen MR) is 82.4 cm³/mol. The molecule has 3 rings (SSSR count). The summed E-state index contributed by atoms with van der Waals surface area (Å²) in [5.41, 5.74) is 13.9. The van der Waals surface area contributed by atoms with Crippen LogP contribution in [0.15, 0.2) is 35.8 Å². The molecule has 24 heavy (non-hydrogen) atoms. The molecule has 0 aromatic carbocycles. The van der Waals surface area contributed by atoms with Crippen LogP contribution in [-0.2, 0) is 0 Å². The quantitative estimate of drug-likeness (QED) is 0.315. The largest absolute Gasteiger partial charge is 0.425 e. The number of alkyl halides is 1. The first-order chi connectivity index (χ1) is 11.7. The molecule has 0 aliphatic carbocycles. The summed E-state index contributed by atoms with van der Waals surface area (Å²) in [6.45, 7) is -0.810. The van der Waals surface area contributed by atoms with Gasteiger partial charge in [0.05, 0.1) is 5.69 Å². The summed E-state index contributed by atoms with van der Waals surface area (Å²) < 4.78 is 12.9. The fourth-order valence-electron chi connectivity index (χ4n) is 2.06. The Morgan fingerprint density at radius 2 is 2.17 bits per heavy atom. The molecule has 0 fully saturated rings. The van der Waals surface area contributed by atoms with Crippen LogP contribution in [0.1, 0.15) is 5.69 Å². The lowest BCUT2D eigenvalue weighted by molar-refractivity contribution is 0.201. The van der Waals surface area contributed by atoms with Gasteiger partial charge >= 0.3 is 0 Å². The monoisotopic (exact) mass is 329 g/mol. The second-order valence-electron chi connectivity index (χ2n) is 4.56. The predicted octanol–water partition coefficient (Wildman–Crippen LogP) is 1.55. The van der Waals surface area contributed by atoms with E-state index in [0.717, 1.165) is 4.73 Å². The summed E-state index contributed by atoms with van der Waals surface area (Å²) in [5, 5.41) is 15.9. The first kappa shape index (κ1) is 15.3. The second kappa shape index (κ2) is 6.24. The van der Waals surface area contributed by atoms with Crippen molar-refractivity contribution in [3.8, 4) is 11.5 Å². The van der Waals surface area contributed by atoms with Gasteiger partial charge in [0.1, 0.15) is 11.2 Å². The molecular formula is C13H12FN9O. The van der Waals surface area contributed by atoms with Crippen molar-refractivity contribution < 1.29 is 9.60 Å². The normalized spacial score (nSPS) is 11.6. The Balaban J connectivity index is 2.13. The summed E-state index contributed by atoms with van der Waals surface area (Å²) in [6.07, 6.45) is 4.05. The highest BCUT2D eigenvalue weighted by atomic mass is 19.1. The number of hydrogen-bond donors (Lipinski definition) is 4. The standard InChI is InChI=1S/C13H12FN9O/c14-6-17-5-9(22-16)7-1-2-8-12(20-7)23(24)13(21-8)10-11(15)19-4-3-18-10/h1-5,16-17,24H,6H2,(H2,15,19)/b9-5-,22-16?. The average molecular weight is 329 g/mol. The molecule has 0 aliphatic rings. The molecule has 0 aliphatic heterocycles. The molecule has 10 nitrogen and oxygen atoms in total. The minimum absolute atomic E-state index is 0.0791. The van der Waals surface area contributed by atoms with Gasteiger partial charge < -0.3 is 16.3 Å². The number of nitrogen functional groups attached to an aromatic ring is 1. The molecule has 0 spiro atoms. The van der Waals surface area contributed by atoms with Crippen molar-refractivity contribution in [3.63, 3.8) is 0 Å². The van der Waals surface area contributed by atoms with Gasteiger partial charge in [0.25, 0.3) is 0 Å². The third-order valence-corrected chi connectivity index (χ3v) is 3.12. The Bertz CT molecular complexity index is 936. The molecular weight excluding hydrogens is 317 g/mol. The van der Waals surface area contributed by atoms with E-state index in [-0.39, 0.29) is 34.4 Å². The maximum absolute atomic E-state index is 12.2. The molecule has 0 amide bonds. The molecule has 3 aromatic heterocycles. The van der Waals surface area contributed by atoms with Crippen molar-refractivity contribution in [2.45, 2.75) is 0 Å². The highest BCUT2D eigenvalue weighted by Gasteiger charge is 2.18. The van der Waals surface area contributed by atoms with Gasteiger partial charge in [-0.15, -0.1) is 4.73 Å². The number of hydrogen-bond acceptors (Lipinski definition) is 9. The second-order valence-corrected chi connectivity index (χ2v) is 4.56. The first-order valence-electron chi connectivity index (χ1n) is 6.68. The van der Waals surface area contributed by atoms with Crippen LogP contribution in [0, 0.1) is 5.53 Å². The number of aromatic nitrogens is 5. The fraction of sp³-hybridized carbons (Fsp3) is 0.0769. The number of nitrogens with two attached hydrogens (primary N) is 1. The lowest BCUT2D eigenvalue weighted by atomic mass is 10.3. The Labute approximate surface area is 134 Å². The first-order valence-corrected chi connectivity index (χ1v) is 6.68. The van der Waals surface area contributed by atoms with Gasteiger partial charge in [-0.3, -0.25) is 0 Å². The molecule has 122 valence electrons. The van der Waals surface area contributed by atoms with E-state index in [4.69, 9.17) is 11.3 Å². The van der Waals surface area contributed by atoms with Crippen LogP contribution in [0.5, 0.6) is 0 Å². The summed E-state index contributed by atoms with van der Waals surface area (Å²) in [4.78, 5) is 16.4. The van der Waals surface area contributed by atoms with Crippen molar-refractivity contribution in [3.05, 3.63) is 36.4 Å². The SMILES string of the molecule is N=N/C(=C\NCF)c1ccc2nc(-c3nccnc3N)n(O)c2n1. The van der Waals surface area contributed by atoms with Crippen LogP contribution in [0.3, 0.4) is 0 Å². The van der Waals surface area contributed by atoms with Crippen LogP contribution in [-0.4, -0.2) is 36.7 Å². The smallest absolute Gasteiger partial charge is 0.200 e. The summed E-state index contributed by atoms with van der Waals surface area (Å²) in [7, 11) is 0. The van der Waals surface area contributed by atoms with Gasteiger partial charge in [0.2, 0.25) is 5.82 Å². The molecule has 0 atom stereocenters. The Hall–Kier alpha value is -3.63. The van der Waals surface area contributed by atoms with Gasteiger partial charge in [0.15, 0.2) is 24.0 Å². The van der Waals surface area contributed by atoms with Crippen LogP contribution < -0.4 is 11.1 Å². The van der Waals surface area contributed by atoms with Crippen molar-refractivity contribution in [1.82, 2.24) is 30.0 Å². The molecule has 5 N–H and O–H groups in total. The Morgan fingerprint density at radius 3 is 2.88 bits per heavy atom. The van der Waals surface area contributed by atoms with Crippen molar-refractivity contribution in [1.29, 1.82) is 5.53 Å². The number of nitrogens with one attached hydrogen (secondary N) is 2. The van der Waals surface area contributed by atoms with Gasteiger partial charge in [-0.2, -0.15) is 5.11 Å². The number of halogens is 1. The van der Waals surface area contributed by atoms with Gasteiger partial charge in [-0.1, -0.05) is 0 Å². The molecule has 11 heteroatoms. The van der Waals surface area contributed by atoms with Crippen LogP contribution >= 0.6 is 0 Å². The number of anilines is 1. The summed E-state index contributed by atoms with van der Waals surface area (Å²) in [6, 6.07) is 3.12. The minimum atomic E-state index is -0.810. The number of pyridine rings is 1. The van der Waals surface area contributed by atoms with Crippen LogP contribution in [0.25, 0.3) is 28.4 Å². The van der Waals surface area contributed by atoms with Crippen molar-refractivity contribution in [2.24, 2.45) is 5.11 Å². The Morgan fingerprint density at radius 1 is 1.38 bits per heavy atom. The van der Waals surface area contributed by atoms with E-state index in [2.05, 4.69) is 30.4 Å². The topological polar surface area (TPSA) is 151 Å². The van der Waals surface area contributed by atoms with E-state index in [1.54, 1.807) is 12.1 Å². The average Bonchev–Trinajstić information content (AvgIpc) is 2.92. The van der Waals surface area contributed by atoms with E-state index in [0.29, 0.717) is 5.52 Å². The molecule has 0 saturated heterocycles. The van der Waals surface area contributed by atoms with E-state index >= 15 is 0 Å². The van der Waals surface area contributed by atoms with Crippen LogP contribution in [0.4, 0.5) is 10.2 Å². The third kappa shape index (κ3) is 2.58. The zero-order valence-electron chi connectivity index (χ0n) is 12.2. The maximum atomic E-state index is 12.2. The molecule has 0 saturated carbocycles. The molecule has 3 aromatic rings. The number of nitrogens with zero attached hydrogens (tertiary/aromatic N) is 6. The lowest BCUT2D eigenvalue weighted by Crippen LogP contribution is -2.04. The van der Waals surface area contributed by atoms with E-state index < -0.39 is 6.80 Å². The number of imidazole rings is 1. The number of fused-ring (bicyclic) bond motifs is 1. The minimum Gasteiger partial charge on any atom is -0.425 e. The van der Waals surface area contributed by atoms with E-state index in [1.807, 2.05) is 0 Å². The fourth-order valence-corrected chi connectivity index (χ4v) is 2.06. The summed E-state index contributed by atoms with van der Waals surface area (Å²) in [5.74, 6) is 0.188. The third-order valence-electron chi connectivity index (χ3n) is 3.12. The lowest BCUT2D eigenvalue weighted by Gasteiger charge is -2.03. The zero-order chi connectivity index (χ0) is 17.1. The maximum Gasteiger partial charge on any atom is 0.200 e. The summed E-state index contributed by atoms with van der Waals surface area (Å²) >= 11 is 0. The molecule has 0 unspecified atom stereocenters. The number of rotatable bonds is 5.